The lowest BCUT2D eigenvalue weighted by Crippen LogP contribution is -2.25. The molecule has 6 nitrogen and oxygen atoms in total. The Morgan fingerprint density at radius 1 is 1.03 bits per heavy atom. The van der Waals surface area contributed by atoms with Crippen LogP contribution in [0.1, 0.15) is 28.8 Å². The molecule has 33 heavy (non-hydrogen) atoms. The van der Waals surface area contributed by atoms with E-state index < -0.39 is 26.6 Å². The van der Waals surface area contributed by atoms with Crippen LogP contribution in [0.2, 0.25) is 0 Å². The fraction of sp³-hybridized carbons (Fsp3) is 0.167. The number of aryl methyl sites for hydroxylation is 1. The molecule has 3 aromatic carbocycles. The predicted octanol–water partition coefficient (Wildman–Crippen LogP) is 4.42. The summed E-state index contributed by atoms with van der Waals surface area (Å²) in [6.45, 7) is 1.93. The van der Waals surface area contributed by atoms with Crippen LogP contribution in [0.4, 0.5) is 8.78 Å². The van der Waals surface area contributed by atoms with Crippen molar-refractivity contribution in [2.75, 3.05) is 0 Å². The quantitative estimate of drug-likeness (QED) is 0.471. The first kappa shape index (κ1) is 21.3. The Balaban J connectivity index is 1.53. The highest BCUT2D eigenvalue weighted by Gasteiger charge is 2.25. The van der Waals surface area contributed by atoms with Crippen LogP contribution in [0.3, 0.4) is 0 Å². The van der Waals surface area contributed by atoms with Crippen LogP contribution >= 0.6 is 0 Å². The van der Waals surface area contributed by atoms with Crippen molar-refractivity contribution < 1.29 is 22.0 Å². The average Bonchev–Trinajstić information content (AvgIpc) is 3.50. The molecule has 1 N–H and O–H groups in total. The molecule has 0 radical (unpaired) electrons. The van der Waals surface area contributed by atoms with Gasteiger partial charge in [0.25, 0.3) is 15.9 Å². The number of halogens is 2. The minimum atomic E-state index is -4.22. The van der Waals surface area contributed by atoms with Crippen molar-refractivity contribution in [1.29, 1.82) is 0 Å². The molecule has 0 unspecified atom stereocenters. The number of hydrogen-bond donors (Lipinski definition) is 1. The molecule has 1 aliphatic carbocycles. The Morgan fingerprint density at radius 3 is 2.55 bits per heavy atom. The van der Waals surface area contributed by atoms with E-state index in [9.17, 15) is 22.0 Å². The molecule has 0 atom stereocenters. The Hall–Kier alpha value is -3.59. The number of nitrogens with zero attached hydrogens (tertiary/aromatic N) is 2. The van der Waals surface area contributed by atoms with Crippen LogP contribution in [0, 0.1) is 18.6 Å². The van der Waals surface area contributed by atoms with Gasteiger partial charge in [0.1, 0.15) is 0 Å². The number of benzene rings is 3. The minimum absolute atomic E-state index is 0.120. The molecule has 168 valence electrons. The van der Waals surface area contributed by atoms with E-state index in [1.165, 1.54) is 6.20 Å². The van der Waals surface area contributed by atoms with Crippen molar-refractivity contribution in [3.8, 4) is 11.1 Å². The topological polar surface area (TPSA) is 81.1 Å². The van der Waals surface area contributed by atoms with Crippen LogP contribution in [-0.4, -0.2) is 29.6 Å². The van der Waals surface area contributed by atoms with Crippen molar-refractivity contribution in [2.24, 2.45) is 0 Å². The summed E-state index contributed by atoms with van der Waals surface area (Å²) in [5.74, 6) is -2.51. The summed E-state index contributed by atoms with van der Waals surface area (Å²) in [6.07, 6.45) is 3.40. The third kappa shape index (κ3) is 3.89. The van der Waals surface area contributed by atoms with Gasteiger partial charge in [-0.15, -0.1) is 0 Å². The van der Waals surface area contributed by atoms with Gasteiger partial charge in [-0.3, -0.25) is 4.79 Å². The summed E-state index contributed by atoms with van der Waals surface area (Å²) in [4.78, 5) is 12.1. The van der Waals surface area contributed by atoms with Crippen LogP contribution in [-0.2, 0) is 10.0 Å². The molecule has 1 aromatic heterocycles. The van der Waals surface area contributed by atoms with Gasteiger partial charge >= 0.3 is 0 Å². The largest absolute Gasteiger partial charge is 0.349 e. The molecule has 0 spiro atoms. The van der Waals surface area contributed by atoms with Gasteiger partial charge in [0, 0.05) is 17.0 Å². The number of aromatic nitrogens is 2. The average molecular weight is 467 g/mol. The number of rotatable bonds is 5. The van der Waals surface area contributed by atoms with E-state index in [0.29, 0.717) is 22.5 Å². The molecular weight excluding hydrogens is 448 g/mol. The highest BCUT2D eigenvalue weighted by Crippen LogP contribution is 2.30. The van der Waals surface area contributed by atoms with Gasteiger partial charge in [-0.2, -0.15) is 17.6 Å². The zero-order valence-electron chi connectivity index (χ0n) is 17.5. The summed E-state index contributed by atoms with van der Waals surface area (Å²) in [6, 6.07) is 13.2. The molecule has 0 saturated heterocycles. The fourth-order valence-corrected chi connectivity index (χ4v) is 4.96. The highest BCUT2D eigenvalue weighted by molar-refractivity contribution is 7.90. The van der Waals surface area contributed by atoms with Crippen LogP contribution in [0.15, 0.2) is 65.7 Å². The summed E-state index contributed by atoms with van der Waals surface area (Å²) >= 11 is 0. The smallest absolute Gasteiger partial charge is 0.283 e. The Kier molecular flexibility index (Phi) is 5.01. The van der Waals surface area contributed by atoms with Crippen molar-refractivity contribution in [3.05, 3.63) is 83.6 Å². The Bertz CT molecular complexity index is 1530. The number of carbonyl (C=O) groups is 1. The van der Waals surface area contributed by atoms with Gasteiger partial charge in [0.05, 0.1) is 16.6 Å². The van der Waals surface area contributed by atoms with Crippen molar-refractivity contribution in [3.63, 3.8) is 0 Å². The highest BCUT2D eigenvalue weighted by atomic mass is 32.2. The van der Waals surface area contributed by atoms with Gasteiger partial charge in [0.15, 0.2) is 11.6 Å². The number of nitrogens with one attached hydrogen (secondary N) is 1. The molecular formula is C24H19F2N3O3S. The minimum Gasteiger partial charge on any atom is -0.349 e. The van der Waals surface area contributed by atoms with E-state index in [2.05, 4.69) is 10.4 Å². The second-order valence-electron chi connectivity index (χ2n) is 8.12. The zero-order chi connectivity index (χ0) is 23.3. The maximum atomic E-state index is 13.6. The van der Waals surface area contributed by atoms with Crippen LogP contribution in [0.25, 0.3) is 22.0 Å². The number of fused-ring (bicyclic) bond motifs is 1. The van der Waals surface area contributed by atoms with Gasteiger partial charge in [-0.05, 0) is 78.9 Å². The van der Waals surface area contributed by atoms with Gasteiger partial charge in [0.2, 0.25) is 0 Å². The first-order valence-corrected chi connectivity index (χ1v) is 11.8. The Labute approximate surface area is 188 Å². The molecule has 1 amide bonds. The maximum Gasteiger partial charge on any atom is 0.283 e. The molecule has 5 rings (SSSR count). The SMILES string of the molecule is Cc1ccc(C(=O)NC2CC2)cc1-c1ccc2c(cnn2S(=O)(=O)c2ccc(F)c(F)c2)c1. The number of hydrogen-bond acceptors (Lipinski definition) is 4. The normalized spacial score (nSPS) is 13.9. The van der Waals surface area contributed by atoms with Crippen molar-refractivity contribution >= 4 is 26.8 Å². The van der Waals surface area contributed by atoms with E-state index in [1.807, 2.05) is 19.1 Å². The third-order valence-electron chi connectivity index (χ3n) is 5.68. The van der Waals surface area contributed by atoms with Crippen LogP contribution < -0.4 is 5.32 Å². The molecule has 1 fully saturated rings. The van der Waals surface area contributed by atoms with Crippen LogP contribution in [0.5, 0.6) is 0 Å². The van der Waals surface area contributed by atoms with Gasteiger partial charge < -0.3 is 5.32 Å². The van der Waals surface area contributed by atoms with Gasteiger partial charge in [-0.1, -0.05) is 12.1 Å². The second-order valence-corrected chi connectivity index (χ2v) is 9.89. The standard InChI is InChI=1S/C24H19F2N3O3S/c1-14-2-3-16(24(30)28-18-5-6-18)11-20(14)15-4-9-23-17(10-15)13-27-29(23)33(31,32)19-7-8-21(25)22(26)12-19/h2-4,7-13,18H,5-6H2,1H3,(H,28,30). The summed E-state index contributed by atoms with van der Waals surface area (Å²) in [7, 11) is -4.22. The molecule has 4 aromatic rings. The number of carbonyl (C=O) groups excluding carboxylic acids is 1. The molecule has 1 saturated carbocycles. The fourth-order valence-electron chi connectivity index (χ4n) is 3.68. The molecule has 1 heterocycles. The molecule has 1 aliphatic rings. The summed E-state index contributed by atoms with van der Waals surface area (Å²) in [5, 5.41) is 7.51. The number of amides is 1. The summed E-state index contributed by atoms with van der Waals surface area (Å²) < 4.78 is 53.6. The second kappa shape index (κ2) is 7.77. The maximum absolute atomic E-state index is 13.6. The predicted molar refractivity (Wildman–Crippen MR) is 119 cm³/mol. The first-order chi connectivity index (χ1) is 15.7. The first-order valence-electron chi connectivity index (χ1n) is 10.3. The lowest BCUT2D eigenvalue weighted by atomic mass is 9.97. The zero-order valence-corrected chi connectivity index (χ0v) is 18.4. The molecule has 0 bridgehead atoms. The summed E-state index contributed by atoms with van der Waals surface area (Å²) in [5.41, 5.74) is 3.45. The molecule has 0 aliphatic heterocycles. The van der Waals surface area contributed by atoms with Gasteiger partial charge in [-0.25, -0.2) is 8.78 Å². The monoisotopic (exact) mass is 467 g/mol. The van der Waals surface area contributed by atoms with E-state index in [1.54, 1.807) is 24.3 Å². The Morgan fingerprint density at radius 2 is 1.82 bits per heavy atom. The van der Waals surface area contributed by atoms with E-state index in [0.717, 1.165) is 45.8 Å². The lowest BCUT2D eigenvalue weighted by molar-refractivity contribution is 0.0951. The van der Waals surface area contributed by atoms with E-state index in [-0.39, 0.29) is 11.9 Å². The van der Waals surface area contributed by atoms with Crippen molar-refractivity contribution in [2.45, 2.75) is 30.7 Å². The molecule has 9 heteroatoms. The van der Waals surface area contributed by atoms with E-state index >= 15 is 0 Å². The third-order valence-corrected chi connectivity index (χ3v) is 7.27. The van der Waals surface area contributed by atoms with E-state index in [4.69, 9.17) is 0 Å². The van der Waals surface area contributed by atoms with Crippen molar-refractivity contribution in [1.82, 2.24) is 14.5 Å². The lowest BCUT2D eigenvalue weighted by Gasteiger charge is -2.11.